The fraction of sp³-hybridized carbons (Fsp3) is 0.630. The number of rotatable bonds is 5. The summed E-state index contributed by atoms with van der Waals surface area (Å²) in [7, 11) is 0. The number of piperidine rings is 1. The number of nitrogens with one attached hydrogen (secondary N) is 2. The molecular weight excluding hydrogens is 455 g/mol. The van der Waals surface area contributed by atoms with Gasteiger partial charge in [0.2, 0.25) is 11.8 Å². The van der Waals surface area contributed by atoms with Crippen LogP contribution in [0.4, 0.5) is 13.2 Å². The Morgan fingerprint density at radius 3 is 2.57 bits per heavy atom. The van der Waals surface area contributed by atoms with Crippen molar-refractivity contribution in [2.45, 2.75) is 101 Å². The zero-order valence-corrected chi connectivity index (χ0v) is 20.1. The van der Waals surface area contributed by atoms with E-state index in [0.29, 0.717) is 54.5 Å². The van der Waals surface area contributed by atoms with Gasteiger partial charge in [0.05, 0.1) is 6.54 Å². The minimum absolute atomic E-state index is 0.0703. The third-order valence-corrected chi connectivity index (χ3v) is 8.40. The maximum atomic E-state index is 15.7. The third-order valence-electron chi connectivity index (χ3n) is 8.40. The van der Waals surface area contributed by atoms with Gasteiger partial charge in [0, 0.05) is 41.7 Å². The molecule has 0 aromatic heterocycles. The standard InChI is InChI=1S/C27H34F3N3O2/c1-16-6-9-23(25(34)31-16)33-15-21-20(26(33)35)8-7-18(24(21)28)14-17-4-2-3-5-22(17)32-19-10-12-27(29,30)13-11-19/h7-8,17,19,22-23,32H,1-6,9-15H2,(H,31,34)/t17-,22+,23?/m1/s1. The Morgan fingerprint density at radius 2 is 1.83 bits per heavy atom. The van der Waals surface area contributed by atoms with Crippen molar-refractivity contribution in [3.63, 3.8) is 0 Å². The highest BCUT2D eigenvalue weighted by molar-refractivity contribution is 6.01. The Bertz CT molecular complexity index is 1020. The predicted octanol–water partition coefficient (Wildman–Crippen LogP) is 4.84. The van der Waals surface area contributed by atoms with Gasteiger partial charge in [-0.1, -0.05) is 25.5 Å². The molecule has 2 aliphatic carbocycles. The molecule has 4 aliphatic rings. The normalized spacial score (nSPS) is 29.3. The minimum Gasteiger partial charge on any atom is -0.329 e. The molecule has 35 heavy (non-hydrogen) atoms. The first kappa shape index (κ1) is 24.3. The van der Waals surface area contributed by atoms with E-state index in [4.69, 9.17) is 0 Å². The van der Waals surface area contributed by atoms with Crippen LogP contribution in [-0.4, -0.2) is 40.8 Å². The van der Waals surface area contributed by atoms with E-state index in [-0.39, 0.29) is 55.0 Å². The van der Waals surface area contributed by atoms with Crippen molar-refractivity contribution in [1.29, 1.82) is 0 Å². The van der Waals surface area contributed by atoms with E-state index in [2.05, 4.69) is 17.2 Å². The highest BCUT2D eigenvalue weighted by Gasteiger charge is 2.40. The van der Waals surface area contributed by atoms with Crippen LogP contribution in [0.5, 0.6) is 0 Å². The molecule has 3 atom stereocenters. The number of carbonyl (C=O) groups excluding carboxylic acids is 2. The summed E-state index contributed by atoms with van der Waals surface area (Å²) < 4.78 is 42.8. The Morgan fingerprint density at radius 1 is 1.09 bits per heavy atom. The van der Waals surface area contributed by atoms with Crippen LogP contribution in [0.3, 0.4) is 0 Å². The maximum absolute atomic E-state index is 15.7. The van der Waals surface area contributed by atoms with E-state index < -0.39 is 12.0 Å². The first-order valence-electron chi connectivity index (χ1n) is 13.0. The average Bonchev–Trinajstić information content (AvgIpc) is 3.15. The molecule has 5 rings (SSSR count). The highest BCUT2D eigenvalue weighted by atomic mass is 19.3. The molecule has 2 amide bonds. The van der Waals surface area contributed by atoms with Gasteiger partial charge in [-0.25, -0.2) is 13.2 Å². The van der Waals surface area contributed by atoms with E-state index in [1.54, 1.807) is 12.1 Å². The van der Waals surface area contributed by atoms with Gasteiger partial charge in [-0.3, -0.25) is 9.59 Å². The molecular formula is C27H34F3N3O2. The van der Waals surface area contributed by atoms with Crippen LogP contribution >= 0.6 is 0 Å². The van der Waals surface area contributed by atoms with E-state index in [1.165, 1.54) is 4.90 Å². The van der Waals surface area contributed by atoms with Crippen molar-refractivity contribution < 1.29 is 22.8 Å². The second-order valence-corrected chi connectivity index (χ2v) is 10.8. The van der Waals surface area contributed by atoms with E-state index in [1.807, 2.05) is 0 Å². The van der Waals surface area contributed by atoms with Gasteiger partial charge in [-0.15, -0.1) is 0 Å². The van der Waals surface area contributed by atoms with E-state index >= 15 is 4.39 Å². The topological polar surface area (TPSA) is 61.4 Å². The zero-order valence-electron chi connectivity index (χ0n) is 20.1. The summed E-state index contributed by atoms with van der Waals surface area (Å²) in [4.78, 5) is 26.9. The first-order chi connectivity index (χ1) is 16.7. The number of allylic oxidation sites excluding steroid dienone is 1. The number of halogens is 3. The summed E-state index contributed by atoms with van der Waals surface area (Å²) in [5, 5.41) is 6.34. The van der Waals surface area contributed by atoms with Gasteiger partial charge >= 0.3 is 0 Å². The van der Waals surface area contributed by atoms with Crippen LogP contribution in [0.25, 0.3) is 0 Å². The number of hydrogen-bond acceptors (Lipinski definition) is 3. The molecule has 2 N–H and O–H groups in total. The van der Waals surface area contributed by atoms with E-state index in [9.17, 15) is 18.4 Å². The monoisotopic (exact) mass is 489 g/mol. The zero-order chi connectivity index (χ0) is 24.7. The molecule has 1 unspecified atom stereocenters. The molecule has 1 aromatic carbocycles. The molecule has 0 bridgehead atoms. The van der Waals surface area contributed by atoms with Crippen LogP contribution in [0, 0.1) is 11.7 Å². The molecule has 0 spiro atoms. The summed E-state index contributed by atoms with van der Waals surface area (Å²) in [5.74, 6) is -3.23. The number of benzene rings is 1. The molecule has 2 saturated carbocycles. The summed E-state index contributed by atoms with van der Waals surface area (Å²) in [6.45, 7) is 3.88. The largest absolute Gasteiger partial charge is 0.329 e. The number of nitrogens with zero attached hydrogens (tertiary/aromatic N) is 1. The van der Waals surface area contributed by atoms with Gasteiger partial charge in [-0.2, -0.15) is 0 Å². The molecule has 8 heteroatoms. The molecule has 2 heterocycles. The van der Waals surface area contributed by atoms with Crippen LogP contribution < -0.4 is 10.6 Å². The molecule has 5 nitrogen and oxygen atoms in total. The van der Waals surface area contributed by atoms with Crippen molar-refractivity contribution in [3.8, 4) is 0 Å². The lowest BCUT2D eigenvalue weighted by molar-refractivity contribution is -0.126. The number of hydrogen-bond donors (Lipinski definition) is 2. The fourth-order valence-electron chi connectivity index (χ4n) is 6.35. The fourth-order valence-corrected chi connectivity index (χ4v) is 6.35. The lowest BCUT2D eigenvalue weighted by Gasteiger charge is -2.38. The number of fused-ring (bicyclic) bond motifs is 1. The molecule has 3 fully saturated rings. The van der Waals surface area contributed by atoms with Gasteiger partial charge in [0.1, 0.15) is 11.9 Å². The Kier molecular flexibility index (Phi) is 6.68. The van der Waals surface area contributed by atoms with Crippen LogP contribution in [0.2, 0.25) is 0 Å². The smallest absolute Gasteiger partial charge is 0.255 e. The van der Waals surface area contributed by atoms with Gasteiger partial charge in [0.15, 0.2) is 0 Å². The van der Waals surface area contributed by atoms with Crippen molar-refractivity contribution in [3.05, 3.63) is 46.9 Å². The summed E-state index contributed by atoms with van der Waals surface area (Å²) in [6, 6.07) is 3.08. The first-order valence-corrected chi connectivity index (χ1v) is 13.0. The average molecular weight is 490 g/mol. The van der Waals surface area contributed by atoms with Gasteiger partial charge in [0.25, 0.3) is 5.91 Å². The lowest BCUT2D eigenvalue weighted by Crippen LogP contribution is -2.49. The Balaban J connectivity index is 1.28. The summed E-state index contributed by atoms with van der Waals surface area (Å²) >= 11 is 0. The SMILES string of the molecule is C=C1CCC(N2Cc3c(ccc(C[C@H]4CCCC[C@@H]4NC4CCC(F)(F)CC4)c3F)C2=O)C(=O)N1. The van der Waals surface area contributed by atoms with Gasteiger partial charge < -0.3 is 15.5 Å². The van der Waals surface area contributed by atoms with Crippen LogP contribution in [-0.2, 0) is 17.8 Å². The van der Waals surface area contributed by atoms with Crippen molar-refractivity contribution in [2.24, 2.45) is 5.92 Å². The second-order valence-electron chi connectivity index (χ2n) is 10.8. The number of amides is 2. The number of carbonyl (C=O) groups is 2. The third kappa shape index (κ3) is 4.99. The van der Waals surface area contributed by atoms with Crippen molar-refractivity contribution >= 4 is 11.8 Å². The van der Waals surface area contributed by atoms with Crippen LogP contribution in [0.1, 0.15) is 85.7 Å². The molecule has 2 aliphatic heterocycles. The Hall–Kier alpha value is -2.35. The van der Waals surface area contributed by atoms with Crippen molar-refractivity contribution in [2.75, 3.05) is 0 Å². The Labute approximate surface area is 204 Å². The summed E-state index contributed by atoms with van der Waals surface area (Å²) in [5.41, 5.74) is 1.94. The van der Waals surface area contributed by atoms with Crippen molar-refractivity contribution in [1.82, 2.24) is 15.5 Å². The van der Waals surface area contributed by atoms with Gasteiger partial charge in [-0.05, 0) is 62.5 Å². The minimum atomic E-state index is -2.55. The molecule has 0 radical (unpaired) electrons. The number of alkyl halides is 2. The van der Waals surface area contributed by atoms with E-state index in [0.717, 1.165) is 25.7 Å². The molecule has 190 valence electrons. The highest BCUT2D eigenvalue weighted by Crippen LogP contribution is 2.36. The molecule has 1 saturated heterocycles. The predicted molar refractivity (Wildman–Crippen MR) is 126 cm³/mol. The maximum Gasteiger partial charge on any atom is 0.255 e. The molecule has 1 aromatic rings. The summed E-state index contributed by atoms with van der Waals surface area (Å²) in [6.07, 6.45) is 6.55. The lowest BCUT2D eigenvalue weighted by atomic mass is 9.79. The van der Waals surface area contributed by atoms with Crippen LogP contribution in [0.15, 0.2) is 24.4 Å². The second kappa shape index (κ2) is 9.60. The quantitative estimate of drug-likeness (QED) is 0.622.